The van der Waals surface area contributed by atoms with E-state index in [0.29, 0.717) is 21.9 Å². The van der Waals surface area contributed by atoms with Gasteiger partial charge in [-0.15, -0.1) is 0 Å². The van der Waals surface area contributed by atoms with Crippen LogP contribution < -0.4 is 10.4 Å². The van der Waals surface area contributed by atoms with E-state index in [1.165, 1.54) is 12.1 Å². The van der Waals surface area contributed by atoms with Crippen molar-refractivity contribution in [3.8, 4) is 5.75 Å². The minimum absolute atomic E-state index is 0.199. The van der Waals surface area contributed by atoms with Gasteiger partial charge >= 0.3 is 5.63 Å². The molecule has 5 heteroatoms. The number of rotatable bonds is 5. The molecule has 0 N–H and O–H groups in total. The van der Waals surface area contributed by atoms with Gasteiger partial charge in [-0.1, -0.05) is 31.0 Å². The Balaban J connectivity index is 1.95. The molecule has 0 bridgehead atoms. The van der Waals surface area contributed by atoms with E-state index in [4.69, 9.17) is 20.8 Å². The largest absolute Gasteiger partial charge is 0.488 e. The molecule has 130 valence electrons. The Morgan fingerprint density at radius 3 is 2.68 bits per heavy atom. The zero-order valence-electron chi connectivity index (χ0n) is 14.1. The fourth-order valence-electron chi connectivity index (χ4n) is 2.83. The normalized spacial score (nSPS) is 11.0. The monoisotopic (exact) mass is 360 g/mol. The highest BCUT2D eigenvalue weighted by Gasteiger charge is 2.12. The smallest absolute Gasteiger partial charge is 0.336 e. The predicted molar refractivity (Wildman–Crippen MR) is 97.0 cm³/mol. The number of hydrogen-bond acceptors (Lipinski definition) is 3. The van der Waals surface area contributed by atoms with Gasteiger partial charge in [-0.2, -0.15) is 0 Å². The summed E-state index contributed by atoms with van der Waals surface area (Å²) in [7, 11) is 0. The number of benzene rings is 2. The van der Waals surface area contributed by atoms with Crippen LogP contribution in [0.15, 0.2) is 45.6 Å². The molecular weight excluding hydrogens is 343 g/mol. The van der Waals surface area contributed by atoms with Gasteiger partial charge in [0.1, 0.15) is 23.8 Å². The predicted octanol–water partition coefficient (Wildman–Crippen LogP) is 5.43. The van der Waals surface area contributed by atoms with Crippen LogP contribution in [0, 0.1) is 12.7 Å². The van der Waals surface area contributed by atoms with Crippen molar-refractivity contribution in [2.24, 2.45) is 0 Å². The molecule has 0 aliphatic rings. The third kappa shape index (κ3) is 3.69. The van der Waals surface area contributed by atoms with E-state index in [2.05, 4.69) is 6.92 Å². The van der Waals surface area contributed by atoms with Crippen molar-refractivity contribution in [1.29, 1.82) is 0 Å². The quantitative estimate of drug-likeness (QED) is 0.570. The van der Waals surface area contributed by atoms with Crippen LogP contribution in [-0.2, 0) is 13.0 Å². The Labute approximate surface area is 150 Å². The second-order valence-electron chi connectivity index (χ2n) is 5.93. The maximum atomic E-state index is 13.1. The van der Waals surface area contributed by atoms with Gasteiger partial charge in [0.05, 0.1) is 5.02 Å². The van der Waals surface area contributed by atoms with Gasteiger partial charge in [0.15, 0.2) is 0 Å². The SMILES string of the molecule is CCCc1cc(=O)oc2c(C)c(OCc3ccc(F)cc3Cl)ccc12. The van der Waals surface area contributed by atoms with Gasteiger partial charge in [-0.3, -0.25) is 0 Å². The molecule has 0 spiro atoms. The highest BCUT2D eigenvalue weighted by molar-refractivity contribution is 6.31. The van der Waals surface area contributed by atoms with Gasteiger partial charge in [-0.05, 0) is 43.2 Å². The van der Waals surface area contributed by atoms with E-state index in [-0.39, 0.29) is 18.0 Å². The average molecular weight is 361 g/mol. The summed E-state index contributed by atoms with van der Waals surface area (Å²) in [6.45, 7) is 4.12. The molecule has 0 saturated heterocycles. The molecule has 0 aliphatic carbocycles. The summed E-state index contributed by atoms with van der Waals surface area (Å²) in [5.74, 6) is 0.213. The van der Waals surface area contributed by atoms with Gasteiger partial charge in [0.25, 0.3) is 0 Å². The molecule has 3 nitrogen and oxygen atoms in total. The topological polar surface area (TPSA) is 39.4 Å². The van der Waals surface area contributed by atoms with E-state index in [0.717, 1.165) is 29.4 Å². The number of ether oxygens (including phenoxy) is 1. The molecule has 3 aromatic rings. The summed E-state index contributed by atoms with van der Waals surface area (Å²) >= 11 is 6.03. The van der Waals surface area contributed by atoms with Crippen molar-refractivity contribution in [2.75, 3.05) is 0 Å². The molecule has 0 fully saturated rings. The molecule has 25 heavy (non-hydrogen) atoms. The number of halogens is 2. The third-order valence-corrected chi connectivity index (χ3v) is 4.47. The van der Waals surface area contributed by atoms with Gasteiger partial charge in [0.2, 0.25) is 0 Å². The second-order valence-corrected chi connectivity index (χ2v) is 6.34. The van der Waals surface area contributed by atoms with E-state index in [1.807, 2.05) is 19.1 Å². The molecule has 0 aliphatic heterocycles. The summed E-state index contributed by atoms with van der Waals surface area (Å²) in [5.41, 5.74) is 2.59. The molecule has 0 unspecified atom stereocenters. The molecule has 0 amide bonds. The summed E-state index contributed by atoms with van der Waals surface area (Å²) < 4.78 is 24.3. The summed E-state index contributed by atoms with van der Waals surface area (Å²) in [6.07, 6.45) is 1.76. The second kappa shape index (κ2) is 7.28. The summed E-state index contributed by atoms with van der Waals surface area (Å²) in [4.78, 5) is 11.8. The van der Waals surface area contributed by atoms with E-state index >= 15 is 0 Å². The highest BCUT2D eigenvalue weighted by atomic mass is 35.5. The Morgan fingerprint density at radius 1 is 1.16 bits per heavy atom. The van der Waals surface area contributed by atoms with E-state index in [1.54, 1.807) is 12.1 Å². The zero-order valence-corrected chi connectivity index (χ0v) is 14.8. The van der Waals surface area contributed by atoms with Gasteiger partial charge in [0, 0.05) is 22.6 Å². The average Bonchev–Trinajstić information content (AvgIpc) is 2.56. The van der Waals surface area contributed by atoms with Crippen molar-refractivity contribution in [3.05, 3.63) is 74.3 Å². The maximum absolute atomic E-state index is 13.1. The van der Waals surface area contributed by atoms with Crippen LogP contribution in [0.2, 0.25) is 5.02 Å². The third-order valence-electron chi connectivity index (χ3n) is 4.11. The summed E-state index contributed by atoms with van der Waals surface area (Å²) in [5, 5.41) is 1.24. The minimum atomic E-state index is -0.388. The first-order chi connectivity index (χ1) is 12.0. The molecule has 0 atom stereocenters. The van der Waals surface area contributed by atoms with Crippen LogP contribution in [0.4, 0.5) is 4.39 Å². The lowest BCUT2D eigenvalue weighted by Gasteiger charge is -2.13. The van der Waals surface area contributed by atoms with Crippen molar-refractivity contribution in [1.82, 2.24) is 0 Å². The van der Waals surface area contributed by atoms with Crippen LogP contribution in [0.5, 0.6) is 5.75 Å². The van der Waals surface area contributed by atoms with Crippen molar-refractivity contribution in [3.63, 3.8) is 0 Å². The van der Waals surface area contributed by atoms with Crippen LogP contribution in [0.25, 0.3) is 11.0 Å². The molecule has 1 heterocycles. The van der Waals surface area contributed by atoms with Gasteiger partial charge < -0.3 is 9.15 Å². The minimum Gasteiger partial charge on any atom is -0.488 e. The standard InChI is InChI=1S/C20H18ClFO3/c1-3-4-13-9-19(23)25-20-12(2)18(8-7-16(13)20)24-11-14-5-6-15(22)10-17(14)21/h5-10H,3-4,11H2,1-2H3. The molecule has 3 rings (SSSR count). The highest BCUT2D eigenvalue weighted by Crippen LogP contribution is 2.30. The van der Waals surface area contributed by atoms with E-state index in [9.17, 15) is 9.18 Å². The molecule has 1 aromatic heterocycles. The van der Waals surface area contributed by atoms with Crippen LogP contribution in [0.3, 0.4) is 0 Å². The number of fused-ring (bicyclic) bond motifs is 1. The first-order valence-corrected chi connectivity index (χ1v) is 8.50. The Kier molecular flexibility index (Phi) is 5.09. The Morgan fingerprint density at radius 2 is 1.96 bits per heavy atom. The summed E-state index contributed by atoms with van der Waals surface area (Å²) in [6, 6.07) is 9.49. The van der Waals surface area contributed by atoms with Gasteiger partial charge in [-0.25, -0.2) is 9.18 Å². The first-order valence-electron chi connectivity index (χ1n) is 8.12. The molecule has 2 aromatic carbocycles. The Bertz CT molecular complexity index is 979. The lowest BCUT2D eigenvalue weighted by Crippen LogP contribution is -2.03. The van der Waals surface area contributed by atoms with E-state index < -0.39 is 0 Å². The van der Waals surface area contributed by atoms with Crippen LogP contribution >= 0.6 is 11.6 Å². The zero-order chi connectivity index (χ0) is 18.0. The number of hydrogen-bond donors (Lipinski definition) is 0. The maximum Gasteiger partial charge on any atom is 0.336 e. The first kappa shape index (κ1) is 17.5. The fourth-order valence-corrected chi connectivity index (χ4v) is 3.06. The lowest BCUT2D eigenvalue weighted by molar-refractivity contribution is 0.304. The van der Waals surface area contributed by atoms with Crippen LogP contribution in [0.1, 0.15) is 30.0 Å². The molecule has 0 radical (unpaired) electrons. The lowest BCUT2D eigenvalue weighted by atomic mass is 10.0. The van der Waals surface area contributed by atoms with Crippen molar-refractivity contribution >= 4 is 22.6 Å². The molecule has 0 saturated carbocycles. The van der Waals surface area contributed by atoms with Crippen LogP contribution in [-0.4, -0.2) is 0 Å². The van der Waals surface area contributed by atoms with Crippen molar-refractivity contribution in [2.45, 2.75) is 33.3 Å². The Hall–Kier alpha value is -2.33. The number of aryl methyl sites for hydroxylation is 2. The fraction of sp³-hybridized carbons (Fsp3) is 0.250. The molecular formula is C20H18ClFO3. The van der Waals surface area contributed by atoms with Crippen molar-refractivity contribution < 1.29 is 13.5 Å².